The van der Waals surface area contributed by atoms with Crippen molar-refractivity contribution in [2.75, 3.05) is 11.4 Å². The first-order chi connectivity index (χ1) is 13.8. The summed E-state index contributed by atoms with van der Waals surface area (Å²) in [5.41, 5.74) is 1.51. The van der Waals surface area contributed by atoms with Crippen molar-refractivity contribution in [3.8, 4) is 11.4 Å². The van der Waals surface area contributed by atoms with Crippen LogP contribution in [0.2, 0.25) is 0 Å². The van der Waals surface area contributed by atoms with E-state index >= 15 is 0 Å². The zero-order valence-corrected chi connectivity index (χ0v) is 17.9. The van der Waals surface area contributed by atoms with Crippen LogP contribution in [0.3, 0.4) is 0 Å². The summed E-state index contributed by atoms with van der Waals surface area (Å²) in [7, 11) is 0. The average Bonchev–Trinajstić information content (AvgIpc) is 2.70. The number of hydrogen-bond donors (Lipinski definition) is 1. The van der Waals surface area contributed by atoms with Crippen LogP contribution in [0.1, 0.15) is 31.9 Å². The van der Waals surface area contributed by atoms with E-state index in [-0.39, 0.29) is 11.1 Å². The van der Waals surface area contributed by atoms with Gasteiger partial charge >= 0.3 is 0 Å². The summed E-state index contributed by atoms with van der Waals surface area (Å²) in [6, 6.07) is 10.9. The van der Waals surface area contributed by atoms with Gasteiger partial charge in [0.1, 0.15) is 6.33 Å². The smallest absolute Gasteiger partial charge is 0.255 e. The molecule has 0 unspecified atom stereocenters. The Morgan fingerprint density at radius 2 is 2.07 bits per heavy atom. The molecular weight excluding hydrogens is 434 g/mol. The summed E-state index contributed by atoms with van der Waals surface area (Å²) in [5.74, 6) is 0.552. The Hall–Kier alpha value is -2.58. The zero-order chi connectivity index (χ0) is 20.6. The number of halogens is 1. The highest BCUT2D eigenvalue weighted by molar-refractivity contribution is 9.10. The van der Waals surface area contributed by atoms with E-state index in [1.165, 1.54) is 12.4 Å². The zero-order valence-electron chi connectivity index (χ0n) is 16.3. The van der Waals surface area contributed by atoms with Gasteiger partial charge in [0.2, 0.25) is 5.95 Å². The van der Waals surface area contributed by atoms with Gasteiger partial charge in [-0.3, -0.25) is 9.36 Å². The van der Waals surface area contributed by atoms with Crippen molar-refractivity contribution in [2.24, 2.45) is 0 Å². The Bertz CT molecular complexity index is 1080. The quantitative estimate of drug-likeness (QED) is 0.650. The molecule has 150 valence electrons. The normalized spacial score (nSPS) is 16.3. The van der Waals surface area contributed by atoms with Crippen LogP contribution in [0.5, 0.6) is 0 Å². The Labute approximate surface area is 177 Å². The van der Waals surface area contributed by atoms with E-state index in [2.05, 4.69) is 39.7 Å². The van der Waals surface area contributed by atoms with E-state index in [1.54, 1.807) is 16.8 Å². The summed E-state index contributed by atoms with van der Waals surface area (Å²) >= 11 is 3.45. The molecule has 3 heterocycles. The molecule has 1 aromatic carbocycles. The van der Waals surface area contributed by atoms with Crippen LogP contribution in [0.25, 0.3) is 11.4 Å². The lowest BCUT2D eigenvalue weighted by atomic mass is 9.95. The van der Waals surface area contributed by atoms with Gasteiger partial charge in [-0.1, -0.05) is 28.1 Å². The average molecular weight is 456 g/mol. The fourth-order valence-electron chi connectivity index (χ4n) is 3.60. The molecule has 0 saturated carbocycles. The van der Waals surface area contributed by atoms with Crippen molar-refractivity contribution in [3.05, 3.63) is 69.3 Å². The Morgan fingerprint density at radius 3 is 2.79 bits per heavy atom. The van der Waals surface area contributed by atoms with Gasteiger partial charge in [0.05, 0.1) is 24.0 Å². The van der Waals surface area contributed by atoms with Gasteiger partial charge in [-0.05, 0) is 44.0 Å². The molecule has 0 saturated heterocycles. The maximum Gasteiger partial charge on any atom is 0.255 e. The van der Waals surface area contributed by atoms with Gasteiger partial charge in [-0.15, -0.1) is 0 Å². The summed E-state index contributed by atoms with van der Waals surface area (Å²) in [4.78, 5) is 27.7. The van der Waals surface area contributed by atoms with Crippen LogP contribution < -0.4 is 10.5 Å². The van der Waals surface area contributed by atoms with Gasteiger partial charge in [0.15, 0.2) is 0 Å². The number of benzene rings is 1. The van der Waals surface area contributed by atoms with Crippen LogP contribution in [-0.4, -0.2) is 36.7 Å². The molecule has 29 heavy (non-hydrogen) atoms. The van der Waals surface area contributed by atoms with Crippen molar-refractivity contribution in [2.45, 2.75) is 38.5 Å². The Balaban J connectivity index is 1.76. The lowest BCUT2D eigenvalue weighted by Crippen LogP contribution is -2.53. The first-order valence-corrected chi connectivity index (χ1v) is 10.2. The van der Waals surface area contributed by atoms with E-state index in [4.69, 9.17) is 4.98 Å². The predicted molar refractivity (Wildman–Crippen MR) is 115 cm³/mol. The third-order valence-corrected chi connectivity index (χ3v) is 5.83. The molecule has 0 radical (unpaired) electrons. The third kappa shape index (κ3) is 3.95. The highest BCUT2D eigenvalue weighted by Gasteiger charge is 2.36. The highest BCUT2D eigenvalue weighted by atomic mass is 79.9. The van der Waals surface area contributed by atoms with E-state index in [1.807, 2.05) is 29.2 Å². The monoisotopic (exact) mass is 455 g/mol. The number of anilines is 1. The number of rotatable bonds is 4. The molecule has 1 aliphatic rings. The minimum Gasteiger partial charge on any atom is -0.387 e. The largest absolute Gasteiger partial charge is 0.387 e. The van der Waals surface area contributed by atoms with Gasteiger partial charge < -0.3 is 10.0 Å². The van der Waals surface area contributed by atoms with Gasteiger partial charge in [0.25, 0.3) is 5.56 Å². The van der Waals surface area contributed by atoms with Crippen LogP contribution in [0.15, 0.2) is 58.2 Å². The van der Waals surface area contributed by atoms with E-state index in [0.717, 1.165) is 16.5 Å². The lowest BCUT2D eigenvalue weighted by Gasteiger charge is -2.45. The Morgan fingerprint density at radius 1 is 1.24 bits per heavy atom. The first kappa shape index (κ1) is 19.7. The fourth-order valence-corrected chi connectivity index (χ4v) is 4.01. The minimum atomic E-state index is -0.724. The molecule has 1 atom stereocenters. The maximum atomic E-state index is 12.8. The van der Waals surface area contributed by atoms with Gasteiger partial charge in [0, 0.05) is 28.8 Å². The van der Waals surface area contributed by atoms with Crippen LogP contribution >= 0.6 is 15.9 Å². The van der Waals surface area contributed by atoms with E-state index in [0.29, 0.717) is 30.4 Å². The molecule has 0 amide bonds. The van der Waals surface area contributed by atoms with Crippen molar-refractivity contribution in [1.82, 2.24) is 19.5 Å². The van der Waals surface area contributed by atoms with Crippen LogP contribution in [0.4, 0.5) is 5.95 Å². The summed E-state index contributed by atoms with van der Waals surface area (Å²) < 4.78 is 2.58. The number of hydrogen-bond acceptors (Lipinski definition) is 6. The molecule has 8 heteroatoms. The predicted octanol–water partition coefficient (Wildman–Crippen LogP) is 3.19. The van der Waals surface area contributed by atoms with Gasteiger partial charge in [-0.2, -0.15) is 0 Å². The number of fused-ring (bicyclic) bond motifs is 1. The molecular formula is C21H22BrN5O2. The van der Waals surface area contributed by atoms with Crippen LogP contribution in [0, 0.1) is 0 Å². The van der Waals surface area contributed by atoms with Crippen molar-refractivity contribution in [3.63, 3.8) is 0 Å². The molecule has 1 N–H and O–H groups in total. The molecule has 4 rings (SSSR count). The minimum absolute atomic E-state index is 0.124. The molecule has 7 nitrogen and oxygen atoms in total. The summed E-state index contributed by atoms with van der Waals surface area (Å²) in [6.07, 6.45) is 3.12. The highest BCUT2D eigenvalue weighted by Crippen LogP contribution is 2.33. The summed E-state index contributed by atoms with van der Waals surface area (Å²) in [5, 5.41) is 10.9. The molecule has 1 aliphatic heterocycles. The third-order valence-electron chi connectivity index (χ3n) is 5.34. The second-order valence-electron chi connectivity index (χ2n) is 7.77. The van der Waals surface area contributed by atoms with Crippen molar-refractivity contribution in [1.29, 1.82) is 0 Å². The Kier molecular flexibility index (Phi) is 5.23. The SMILES string of the molecule is CC1(C)CCn2c(nc(-c3ccncn3)cc2=O)N1C[C@@H](O)c1cccc(Br)c1. The topological polar surface area (TPSA) is 84.1 Å². The number of nitrogens with zero attached hydrogens (tertiary/aromatic N) is 5. The lowest BCUT2D eigenvalue weighted by molar-refractivity contribution is 0.168. The first-order valence-electron chi connectivity index (χ1n) is 9.44. The molecule has 0 fully saturated rings. The molecule has 0 bridgehead atoms. The number of aliphatic hydroxyl groups excluding tert-OH is 1. The molecule has 0 spiro atoms. The second-order valence-corrected chi connectivity index (χ2v) is 8.69. The fraction of sp³-hybridized carbons (Fsp3) is 0.333. The van der Waals surface area contributed by atoms with Crippen LogP contribution in [-0.2, 0) is 6.54 Å². The van der Waals surface area contributed by atoms with Crippen molar-refractivity contribution >= 4 is 21.9 Å². The number of aromatic nitrogens is 4. The van der Waals surface area contributed by atoms with E-state index in [9.17, 15) is 9.90 Å². The van der Waals surface area contributed by atoms with Crippen molar-refractivity contribution < 1.29 is 5.11 Å². The number of β-amino-alcohol motifs (C(OH)–C–C–N with tert-alkyl or cyclic N) is 1. The van der Waals surface area contributed by atoms with E-state index < -0.39 is 6.10 Å². The van der Waals surface area contributed by atoms with Gasteiger partial charge in [-0.25, -0.2) is 15.0 Å². The maximum absolute atomic E-state index is 12.8. The number of aliphatic hydroxyl groups is 1. The summed E-state index contributed by atoms with van der Waals surface area (Å²) in [6.45, 7) is 5.12. The second kappa shape index (κ2) is 7.68. The molecule has 0 aliphatic carbocycles. The molecule has 3 aromatic rings. The molecule has 2 aromatic heterocycles. The standard InChI is InChI=1S/C21H22BrN5O2/c1-21(2)7-9-26-19(29)11-17(16-6-8-23-13-24-16)25-20(26)27(21)12-18(28)14-4-3-5-15(22)10-14/h3-6,8,10-11,13,18,28H,7,9,12H2,1-2H3/t18-/m1/s1.